The number of nitrogens with zero attached hydrogens (tertiary/aromatic N) is 1. The number of carbonyl (C=O) groups excluding carboxylic acids is 1. The number of methoxy groups -OCH3 is 3. The minimum atomic E-state index is -0.138. The SMILES string of the molecule is COc1cc(OC)c(C2SCCN2C(=O)c2ccc(Br)cc2)cc1OC. The molecule has 5 nitrogen and oxygen atoms in total. The fourth-order valence-electron chi connectivity index (χ4n) is 2.94. The lowest BCUT2D eigenvalue weighted by Crippen LogP contribution is -2.30. The molecule has 26 heavy (non-hydrogen) atoms. The lowest BCUT2D eigenvalue weighted by atomic mass is 10.1. The van der Waals surface area contributed by atoms with Gasteiger partial charge in [-0.05, 0) is 30.3 Å². The number of halogens is 1. The molecular formula is C19H20BrNO4S. The number of thioether (sulfide) groups is 1. The van der Waals surface area contributed by atoms with Crippen LogP contribution in [0.3, 0.4) is 0 Å². The lowest BCUT2D eigenvalue weighted by molar-refractivity contribution is 0.0759. The highest BCUT2D eigenvalue weighted by molar-refractivity contribution is 9.10. The van der Waals surface area contributed by atoms with Gasteiger partial charge in [0, 0.05) is 34.0 Å². The van der Waals surface area contributed by atoms with Crippen LogP contribution >= 0.6 is 27.7 Å². The molecule has 0 bridgehead atoms. The summed E-state index contributed by atoms with van der Waals surface area (Å²) in [5.41, 5.74) is 1.57. The highest BCUT2D eigenvalue weighted by Crippen LogP contribution is 2.46. The van der Waals surface area contributed by atoms with Crippen molar-refractivity contribution in [2.75, 3.05) is 33.6 Å². The zero-order chi connectivity index (χ0) is 18.7. The maximum Gasteiger partial charge on any atom is 0.255 e. The third kappa shape index (κ3) is 3.64. The topological polar surface area (TPSA) is 48.0 Å². The summed E-state index contributed by atoms with van der Waals surface area (Å²) in [7, 11) is 4.80. The molecule has 0 saturated carbocycles. The Bertz CT molecular complexity index is 797. The molecule has 0 N–H and O–H groups in total. The van der Waals surface area contributed by atoms with Crippen molar-refractivity contribution in [3.05, 3.63) is 52.0 Å². The lowest BCUT2D eigenvalue weighted by Gasteiger charge is -2.26. The average molecular weight is 438 g/mol. The summed E-state index contributed by atoms with van der Waals surface area (Å²) in [4.78, 5) is 14.9. The van der Waals surface area contributed by atoms with Crippen molar-refractivity contribution < 1.29 is 19.0 Å². The van der Waals surface area contributed by atoms with E-state index in [1.807, 2.05) is 35.2 Å². The third-order valence-corrected chi connectivity index (χ3v) is 6.02. The molecule has 2 aromatic rings. The van der Waals surface area contributed by atoms with Crippen molar-refractivity contribution in [2.24, 2.45) is 0 Å². The molecule has 1 heterocycles. The molecule has 0 spiro atoms. The molecule has 138 valence electrons. The summed E-state index contributed by atoms with van der Waals surface area (Å²) >= 11 is 5.12. The molecule has 2 aromatic carbocycles. The van der Waals surface area contributed by atoms with E-state index in [1.54, 1.807) is 39.2 Å². The number of rotatable bonds is 5. The highest BCUT2D eigenvalue weighted by Gasteiger charge is 2.34. The molecule has 7 heteroatoms. The van der Waals surface area contributed by atoms with Gasteiger partial charge < -0.3 is 19.1 Å². The Morgan fingerprint density at radius 1 is 1.04 bits per heavy atom. The van der Waals surface area contributed by atoms with Crippen LogP contribution in [0.15, 0.2) is 40.9 Å². The predicted molar refractivity (Wildman–Crippen MR) is 106 cm³/mol. The standard InChI is InChI=1S/C19H20BrNO4S/c1-23-15-11-17(25-3)16(24-2)10-14(15)19-21(8-9-26-19)18(22)12-4-6-13(20)7-5-12/h4-7,10-11,19H,8-9H2,1-3H3. The van der Waals surface area contributed by atoms with E-state index >= 15 is 0 Å². The first-order chi connectivity index (χ1) is 12.6. The molecule has 3 rings (SSSR count). The van der Waals surface area contributed by atoms with Crippen LogP contribution in [-0.4, -0.2) is 44.4 Å². The maximum atomic E-state index is 13.0. The fourth-order valence-corrected chi connectivity index (χ4v) is 4.47. The van der Waals surface area contributed by atoms with Crippen molar-refractivity contribution in [3.63, 3.8) is 0 Å². The molecule has 1 saturated heterocycles. The van der Waals surface area contributed by atoms with Crippen molar-refractivity contribution in [1.29, 1.82) is 0 Å². The number of hydrogen-bond acceptors (Lipinski definition) is 5. The average Bonchev–Trinajstić information content (AvgIpc) is 3.16. The Morgan fingerprint density at radius 3 is 2.27 bits per heavy atom. The van der Waals surface area contributed by atoms with Gasteiger partial charge in [0.15, 0.2) is 11.5 Å². The predicted octanol–water partition coefficient (Wildman–Crippen LogP) is 4.36. The molecule has 1 aliphatic heterocycles. The third-order valence-electron chi connectivity index (χ3n) is 4.24. The number of ether oxygens (including phenoxy) is 3. The first-order valence-corrected chi connectivity index (χ1v) is 9.91. The van der Waals surface area contributed by atoms with Gasteiger partial charge in [0.25, 0.3) is 5.91 Å². The van der Waals surface area contributed by atoms with E-state index in [-0.39, 0.29) is 11.3 Å². The van der Waals surface area contributed by atoms with Crippen LogP contribution in [0.25, 0.3) is 0 Å². The number of benzene rings is 2. The second kappa shape index (κ2) is 8.22. The number of carbonyl (C=O) groups is 1. The van der Waals surface area contributed by atoms with Gasteiger partial charge in [-0.2, -0.15) is 0 Å². The van der Waals surface area contributed by atoms with Gasteiger partial charge in [-0.25, -0.2) is 0 Å². The van der Waals surface area contributed by atoms with Gasteiger partial charge in [0.05, 0.1) is 21.3 Å². The minimum Gasteiger partial charge on any atom is -0.496 e. The van der Waals surface area contributed by atoms with E-state index in [0.717, 1.165) is 15.8 Å². The van der Waals surface area contributed by atoms with E-state index in [1.165, 1.54) is 0 Å². The first-order valence-electron chi connectivity index (χ1n) is 8.07. The summed E-state index contributed by atoms with van der Waals surface area (Å²) < 4.78 is 17.3. The summed E-state index contributed by atoms with van der Waals surface area (Å²) in [6, 6.07) is 11.1. The van der Waals surface area contributed by atoms with Crippen LogP contribution in [0.2, 0.25) is 0 Å². The van der Waals surface area contributed by atoms with E-state index in [0.29, 0.717) is 29.4 Å². The van der Waals surface area contributed by atoms with Crippen LogP contribution in [0.4, 0.5) is 0 Å². The molecule has 1 fully saturated rings. The summed E-state index contributed by atoms with van der Waals surface area (Å²) in [5, 5.41) is -0.138. The van der Waals surface area contributed by atoms with Crippen LogP contribution in [-0.2, 0) is 0 Å². The minimum absolute atomic E-state index is 0.00402. The van der Waals surface area contributed by atoms with Crippen molar-refractivity contribution >= 4 is 33.6 Å². The number of amides is 1. The Morgan fingerprint density at radius 2 is 1.65 bits per heavy atom. The maximum absolute atomic E-state index is 13.0. The van der Waals surface area contributed by atoms with Gasteiger partial charge in [-0.1, -0.05) is 15.9 Å². The van der Waals surface area contributed by atoms with Crippen molar-refractivity contribution in [2.45, 2.75) is 5.37 Å². The smallest absolute Gasteiger partial charge is 0.255 e. The van der Waals surface area contributed by atoms with Gasteiger partial charge in [0.1, 0.15) is 11.1 Å². The molecule has 1 aliphatic rings. The highest BCUT2D eigenvalue weighted by atomic mass is 79.9. The Kier molecular flexibility index (Phi) is 5.98. The number of hydrogen-bond donors (Lipinski definition) is 0. The second-order valence-electron chi connectivity index (χ2n) is 5.68. The van der Waals surface area contributed by atoms with Gasteiger partial charge in [0.2, 0.25) is 0 Å². The van der Waals surface area contributed by atoms with Crippen LogP contribution in [0.5, 0.6) is 17.2 Å². The molecule has 0 aliphatic carbocycles. The van der Waals surface area contributed by atoms with Crippen molar-refractivity contribution in [1.82, 2.24) is 4.90 Å². The summed E-state index contributed by atoms with van der Waals surface area (Å²) in [6.07, 6.45) is 0. The second-order valence-corrected chi connectivity index (χ2v) is 7.78. The molecule has 1 atom stereocenters. The quantitative estimate of drug-likeness (QED) is 0.694. The van der Waals surface area contributed by atoms with E-state index < -0.39 is 0 Å². The molecule has 0 aromatic heterocycles. The van der Waals surface area contributed by atoms with Crippen LogP contribution in [0.1, 0.15) is 21.3 Å². The van der Waals surface area contributed by atoms with Gasteiger partial charge in [-0.15, -0.1) is 11.8 Å². The normalized spacial score (nSPS) is 16.5. The van der Waals surface area contributed by atoms with E-state index in [9.17, 15) is 4.79 Å². The summed E-state index contributed by atoms with van der Waals surface area (Å²) in [6.45, 7) is 0.682. The zero-order valence-corrected chi connectivity index (χ0v) is 17.2. The van der Waals surface area contributed by atoms with Gasteiger partial charge in [-0.3, -0.25) is 4.79 Å². The molecule has 1 unspecified atom stereocenters. The summed E-state index contributed by atoms with van der Waals surface area (Å²) in [5.74, 6) is 2.76. The van der Waals surface area contributed by atoms with Crippen LogP contribution in [0, 0.1) is 0 Å². The molecule has 0 radical (unpaired) electrons. The Hall–Kier alpha value is -1.86. The molecule has 1 amide bonds. The van der Waals surface area contributed by atoms with E-state index in [2.05, 4.69) is 15.9 Å². The monoisotopic (exact) mass is 437 g/mol. The Labute approximate surface area is 165 Å². The Balaban J connectivity index is 1.97. The van der Waals surface area contributed by atoms with Crippen LogP contribution < -0.4 is 14.2 Å². The van der Waals surface area contributed by atoms with Crippen molar-refractivity contribution in [3.8, 4) is 17.2 Å². The van der Waals surface area contributed by atoms with Gasteiger partial charge >= 0.3 is 0 Å². The molecular weight excluding hydrogens is 418 g/mol. The largest absolute Gasteiger partial charge is 0.496 e. The van der Waals surface area contributed by atoms with E-state index in [4.69, 9.17) is 14.2 Å². The zero-order valence-electron chi connectivity index (χ0n) is 14.8. The first kappa shape index (κ1) is 18.9. The fraction of sp³-hybridized carbons (Fsp3) is 0.316.